The summed E-state index contributed by atoms with van der Waals surface area (Å²) < 4.78 is 27.2. The number of likely N-dealkylation sites (tertiary alicyclic amines) is 1. The third-order valence-electron chi connectivity index (χ3n) is 5.29. The first kappa shape index (κ1) is 24.3. The van der Waals surface area contributed by atoms with Crippen molar-refractivity contribution in [2.24, 2.45) is 0 Å². The Hall–Kier alpha value is -3.36. The number of nitrogens with zero attached hydrogens (tertiary/aromatic N) is 1. The second-order valence-corrected chi connectivity index (χ2v) is 7.84. The fourth-order valence-electron chi connectivity index (χ4n) is 3.75. The molecule has 1 heterocycles. The van der Waals surface area contributed by atoms with E-state index < -0.39 is 36.2 Å². The monoisotopic (exact) mass is 457 g/mol. The number of hydrogen-bond acceptors (Lipinski definition) is 4. The van der Waals surface area contributed by atoms with Crippen molar-refractivity contribution in [3.05, 3.63) is 89.1 Å². The summed E-state index contributed by atoms with van der Waals surface area (Å²) in [6, 6.07) is 11.3. The molecular weight excluding hydrogens is 432 g/mol. The Morgan fingerprint density at radius 1 is 1.00 bits per heavy atom. The molecule has 2 aromatic rings. The zero-order valence-electron chi connectivity index (χ0n) is 17.8. The van der Waals surface area contributed by atoms with E-state index in [2.05, 4.69) is 0 Å². The van der Waals surface area contributed by atoms with Gasteiger partial charge in [0, 0.05) is 25.0 Å². The molecule has 0 aromatic heterocycles. The minimum atomic E-state index is -1.24. The molecule has 2 aromatic carbocycles. The second kappa shape index (κ2) is 11.0. The van der Waals surface area contributed by atoms with Gasteiger partial charge in [0.05, 0.1) is 24.3 Å². The van der Waals surface area contributed by atoms with Gasteiger partial charge < -0.3 is 20.2 Å². The first-order chi connectivity index (χ1) is 15.7. The van der Waals surface area contributed by atoms with Gasteiger partial charge >= 0.3 is 5.97 Å². The summed E-state index contributed by atoms with van der Waals surface area (Å²) in [6.07, 6.45) is 0.767. The largest absolute Gasteiger partial charge is 0.481 e. The van der Waals surface area contributed by atoms with E-state index in [0.29, 0.717) is 41.8 Å². The minimum absolute atomic E-state index is 0.128. The number of aliphatic hydroxyl groups is 2. The van der Waals surface area contributed by atoms with Crippen LogP contribution in [0.1, 0.15) is 36.8 Å². The Morgan fingerprint density at radius 2 is 1.55 bits per heavy atom. The van der Waals surface area contributed by atoms with E-state index in [-0.39, 0.29) is 12.3 Å². The molecule has 6 nitrogen and oxygen atoms in total. The van der Waals surface area contributed by atoms with Crippen molar-refractivity contribution in [2.75, 3.05) is 6.54 Å². The highest BCUT2D eigenvalue weighted by Gasteiger charge is 2.26. The lowest BCUT2D eigenvalue weighted by atomic mass is 9.94. The van der Waals surface area contributed by atoms with E-state index in [4.69, 9.17) is 5.11 Å². The highest BCUT2D eigenvalue weighted by atomic mass is 19.1. The Bertz CT molecular complexity index is 1000. The van der Waals surface area contributed by atoms with Crippen molar-refractivity contribution in [1.82, 2.24) is 4.90 Å². The summed E-state index contributed by atoms with van der Waals surface area (Å²) in [7, 11) is 0. The van der Waals surface area contributed by atoms with Crippen molar-refractivity contribution in [3.8, 4) is 0 Å². The zero-order chi connectivity index (χ0) is 24.0. The summed E-state index contributed by atoms with van der Waals surface area (Å²) in [6.45, 7) is 0.433. The topological polar surface area (TPSA) is 98.1 Å². The minimum Gasteiger partial charge on any atom is -0.481 e. The molecule has 1 aliphatic rings. The maximum atomic E-state index is 13.6. The first-order valence-electron chi connectivity index (χ1n) is 10.6. The van der Waals surface area contributed by atoms with Gasteiger partial charge in [-0.05, 0) is 47.9 Å². The molecule has 0 radical (unpaired) electrons. The zero-order valence-corrected chi connectivity index (χ0v) is 17.8. The van der Waals surface area contributed by atoms with Gasteiger partial charge in [-0.25, -0.2) is 8.78 Å². The molecule has 1 saturated heterocycles. The number of carboxylic acids is 1. The van der Waals surface area contributed by atoms with E-state index >= 15 is 0 Å². The second-order valence-electron chi connectivity index (χ2n) is 7.84. The van der Waals surface area contributed by atoms with E-state index in [0.717, 1.165) is 0 Å². The smallest absolute Gasteiger partial charge is 0.305 e. The van der Waals surface area contributed by atoms with E-state index in [1.165, 1.54) is 36.4 Å². The number of benzene rings is 2. The average Bonchev–Trinajstić information content (AvgIpc) is 3.18. The number of aliphatic carboxylic acids is 1. The fourth-order valence-corrected chi connectivity index (χ4v) is 3.75. The molecular formula is C25H25F2NO5. The summed E-state index contributed by atoms with van der Waals surface area (Å²) in [5.74, 6) is -2.18. The first-order valence-corrected chi connectivity index (χ1v) is 10.6. The number of aliphatic hydroxyl groups excluding tert-OH is 2. The van der Waals surface area contributed by atoms with Crippen molar-refractivity contribution in [2.45, 2.75) is 37.9 Å². The van der Waals surface area contributed by atoms with Gasteiger partial charge in [-0.3, -0.25) is 9.59 Å². The van der Waals surface area contributed by atoms with Crippen LogP contribution in [0.4, 0.5) is 8.78 Å². The fraction of sp³-hybridized carbons (Fsp3) is 0.280. The Morgan fingerprint density at radius 3 is 2.00 bits per heavy atom. The molecule has 3 N–H and O–H groups in total. The van der Waals surface area contributed by atoms with Crippen LogP contribution in [0.5, 0.6) is 0 Å². The number of hydrogen-bond donors (Lipinski definition) is 3. The predicted octanol–water partition coefficient (Wildman–Crippen LogP) is 3.49. The molecule has 3 rings (SSSR count). The molecule has 174 valence electrons. The number of halogens is 2. The lowest BCUT2D eigenvalue weighted by Crippen LogP contribution is -2.25. The molecule has 1 aliphatic heterocycles. The standard InChI is InChI=1S/C25H25F2NO5/c26-18-7-3-16(4-8-18)25(17-5-9-19(27)10-6-17)22(28-13-1-2-23(28)31)12-11-20(29)14-21(30)15-24(32)33/h3-12,20-21,29-30H,1-2,13-15H2,(H,32,33)/b12-11+/t20-,21-/m1/s1. The number of rotatable bonds is 9. The summed E-state index contributed by atoms with van der Waals surface area (Å²) in [5.41, 5.74) is 2.15. The van der Waals surface area contributed by atoms with Gasteiger partial charge in [-0.15, -0.1) is 0 Å². The van der Waals surface area contributed by atoms with Crippen molar-refractivity contribution < 1.29 is 33.7 Å². The molecule has 0 spiro atoms. The molecule has 8 heteroatoms. The quantitative estimate of drug-likeness (QED) is 0.501. The third-order valence-corrected chi connectivity index (χ3v) is 5.29. The summed E-state index contributed by atoms with van der Waals surface area (Å²) in [5, 5.41) is 28.9. The number of amides is 1. The van der Waals surface area contributed by atoms with Gasteiger partial charge in [0.2, 0.25) is 5.91 Å². The van der Waals surface area contributed by atoms with Crippen LogP contribution in [-0.2, 0) is 9.59 Å². The van der Waals surface area contributed by atoms with Crippen LogP contribution >= 0.6 is 0 Å². The lowest BCUT2D eigenvalue weighted by molar-refractivity contribution is -0.139. The highest BCUT2D eigenvalue weighted by Crippen LogP contribution is 2.32. The molecule has 1 fully saturated rings. The third kappa shape index (κ3) is 6.57. The lowest BCUT2D eigenvalue weighted by Gasteiger charge is -2.23. The molecule has 1 amide bonds. The number of carbonyl (C=O) groups is 2. The SMILES string of the molecule is O=C(O)C[C@H](O)C[C@H](O)/C=C/C(=C(c1ccc(F)cc1)c1ccc(F)cc1)N1CCCC1=O. The van der Waals surface area contributed by atoms with Gasteiger partial charge in [0.1, 0.15) is 11.6 Å². The maximum absolute atomic E-state index is 13.6. The van der Waals surface area contributed by atoms with Crippen LogP contribution < -0.4 is 0 Å². The summed E-state index contributed by atoms with van der Waals surface area (Å²) in [4.78, 5) is 24.9. The van der Waals surface area contributed by atoms with Gasteiger partial charge in [0.15, 0.2) is 0 Å². The predicted molar refractivity (Wildman–Crippen MR) is 118 cm³/mol. The van der Waals surface area contributed by atoms with Crippen LogP contribution in [-0.4, -0.2) is 50.8 Å². The highest BCUT2D eigenvalue weighted by molar-refractivity contribution is 5.89. The Balaban J connectivity index is 2.09. The molecule has 33 heavy (non-hydrogen) atoms. The van der Waals surface area contributed by atoms with Gasteiger partial charge in [0.25, 0.3) is 0 Å². The molecule has 0 bridgehead atoms. The average molecular weight is 457 g/mol. The van der Waals surface area contributed by atoms with E-state index in [9.17, 15) is 28.6 Å². The van der Waals surface area contributed by atoms with Gasteiger partial charge in [-0.2, -0.15) is 0 Å². The van der Waals surface area contributed by atoms with Crippen LogP contribution in [0.15, 0.2) is 66.4 Å². The molecule has 0 aliphatic carbocycles. The maximum Gasteiger partial charge on any atom is 0.305 e. The molecule has 2 atom stereocenters. The van der Waals surface area contributed by atoms with Crippen molar-refractivity contribution >= 4 is 17.4 Å². The molecule has 0 unspecified atom stereocenters. The summed E-state index contributed by atoms with van der Waals surface area (Å²) >= 11 is 0. The Kier molecular flexibility index (Phi) is 8.08. The Labute approximate surface area is 190 Å². The van der Waals surface area contributed by atoms with Crippen molar-refractivity contribution in [1.29, 1.82) is 0 Å². The van der Waals surface area contributed by atoms with E-state index in [1.807, 2.05) is 0 Å². The number of carboxylic acid groups (broad SMARTS) is 1. The number of allylic oxidation sites excluding steroid dienone is 1. The van der Waals surface area contributed by atoms with Crippen LogP contribution in [0.3, 0.4) is 0 Å². The van der Waals surface area contributed by atoms with Crippen LogP contribution in [0.25, 0.3) is 5.57 Å². The number of carbonyl (C=O) groups excluding carboxylic acids is 1. The van der Waals surface area contributed by atoms with Crippen LogP contribution in [0.2, 0.25) is 0 Å². The van der Waals surface area contributed by atoms with Crippen LogP contribution in [0, 0.1) is 11.6 Å². The molecule has 0 saturated carbocycles. The van der Waals surface area contributed by atoms with Crippen molar-refractivity contribution in [3.63, 3.8) is 0 Å². The normalized spacial score (nSPS) is 15.6. The van der Waals surface area contributed by atoms with E-state index in [1.54, 1.807) is 29.2 Å². The van der Waals surface area contributed by atoms with Gasteiger partial charge in [-0.1, -0.05) is 30.3 Å².